The molecule has 2 aromatic rings. The third-order valence-corrected chi connectivity index (χ3v) is 5.28. The van der Waals surface area contributed by atoms with E-state index in [-0.39, 0.29) is 17.8 Å². The van der Waals surface area contributed by atoms with Crippen LogP contribution < -0.4 is 10.1 Å². The largest absolute Gasteiger partial charge is 0.496 e. The van der Waals surface area contributed by atoms with E-state index in [1.807, 2.05) is 6.92 Å². The molecule has 0 aromatic heterocycles. The van der Waals surface area contributed by atoms with Crippen molar-refractivity contribution >= 4 is 11.6 Å². The van der Waals surface area contributed by atoms with Crippen LogP contribution in [-0.2, 0) is 11.3 Å². The van der Waals surface area contributed by atoms with Crippen molar-refractivity contribution in [1.29, 1.82) is 5.26 Å². The van der Waals surface area contributed by atoms with E-state index >= 15 is 0 Å². The molecule has 0 bridgehead atoms. The second kappa shape index (κ2) is 9.50. The van der Waals surface area contributed by atoms with Crippen LogP contribution in [0.1, 0.15) is 18.1 Å². The molecule has 6 nitrogen and oxygen atoms in total. The average Bonchev–Trinajstić information content (AvgIpc) is 2.74. The topological polar surface area (TPSA) is 68.6 Å². The molecule has 152 valence electrons. The number of hydrogen-bond acceptors (Lipinski definition) is 5. The molecule has 2 aromatic carbocycles. The van der Waals surface area contributed by atoms with Crippen LogP contribution in [0.15, 0.2) is 42.5 Å². The molecule has 0 spiro atoms. The Balaban J connectivity index is 1.55. The van der Waals surface area contributed by atoms with Gasteiger partial charge in [0.15, 0.2) is 0 Å². The maximum Gasteiger partial charge on any atom is 0.241 e. The van der Waals surface area contributed by atoms with Crippen LogP contribution in [0.4, 0.5) is 10.1 Å². The lowest BCUT2D eigenvalue weighted by Gasteiger charge is -2.37. The Morgan fingerprint density at radius 2 is 1.97 bits per heavy atom. The molecule has 1 heterocycles. The van der Waals surface area contributed by atoms with E-state index in [1.165, 1.54) is 12.1 Å². The van der Waals surface area contributed by atoms with Gasteiger partial charge >= 0.3 is 0 Å². The molecule has 3 rings (SSSR count). The highest BCUT2D eigenvalue weighted by molar-refractivity contribution is 5.95. The quantitative estimate of drug-likeness (QED) is 0.813. The van der Waals surface area contributed by atoms with Crippen molar-refractivity contribution in [2.75, 3.05) is 38.6 Å². The van der Waals surface area contributed by atoms with Gasteiger partial charge in [0, 0.05) is 38.3 Å². The average molecular weight is 396 g/mol. The first-order valence-electron chi connectivity index (χ1n) is 9.60. The Kier molecular flexibility index (Phi) is 6.81. The number of nitriles is 1. The number of methoxy groups -OCH3 is 1. The van der Waals surface area contributed by atoms with E-state index in [0.717, 1.165) is 31.7 Å². The van der Waals surface area contributed by atoms with Gasteiger partial charge in [-0.15, -0.1) is 0 Å². The molecule has 1 aliphatic rings. The zero-order valence-corrected chi connectivity index (χ0v) is 16.7. The van der Waals surface area contributed by atoms with Gasteiger partial charge in [-0.25, -0.2) is 4.39 Å². The molecule has 7 heteroatoms. The summed E-state index contributed by atoms with van der Waals surface area (Å²) in [6.45, 7) is 5.47. The summed E-state index contributed by atoms with van der Waals surface area (Å²) in [5.74, 6) is 0.271. The number of halogens is 1. The van der Waals surface area contributed by atoms with Crippen molar-refractivity contribution in [2.24, 2.45) is 0 Å². The van der Waals surface area contributed by atoms with Crippen molar-refractivity contribution in [3.8, 4) is 11.8 Å². The van der Waals surface area contributed by atoms with Gasteiger partial charge in [-0.2, -0.15) is 5.26 Å². The van der Waals surface area contributed by atoms with Gasteiger partial charge in [-0.05, 0) is 37.3 Å². The summed E-state index contributed by atoms with van der Waals surface area (Å²) in [7, 11) is 1.58. The fourth-order valence-electron chi connectivity index (χ4n) is 3.51. The van der Waals surface area contributed by atoms with Crippen LogP contribution in [0.3, 0.4) is 0 Å². The first-order chi connectivity index (χ1) is 14.0. The molecule has 0 aliphatic carbocycles. The van der Waals surface area contributed by atoms with Crippen LogP contribution in [-0.4, -0.2) is 55.0 Å². The Morgan fingerprint density at radius 3 is 2.66 bits per heavy atom. The molecule has 0 unspecified atom stereocenters. The normalized spacial score (nSPS) is 16.1. The van der Waals surface area contributed by atoms with Gasteiger partial charge in [-0.1, -0.05) is 12.1 Å². The summed E-state index contributed by atoms with van der Waals surface area (Å²) in [5, 5.41) is 12.0. The van der Waals surface area contributed by atoms with E-state index in [4.69, 9.17) is 4.74 Å². The first-order valence-corrected chi connectivity index (χ1v) is 9.60. The number of carbonyl (C=O) groups is 1. The Bertz CT molecular complexity index is 904. The number of amides is 1. The first kappa shape index (κ1) is 20.8. The van der Waals surface area contributed by atoms with Crippen molar-refractivity contribution in [3.63, 3.8) is 0 Å². The lowest BCUT2D eigenvalue weighted by Crippen LogP contribution is -2.52. The van der Waals surface area contributed by atoms with Gasteiger partial charge in [0.1, 0.15) is 17.6 Å². The van der Waals surface area contributed by atoms with Crippen molar-refractivity contribution in [2.45, 2.75) is 19.5 Å². The molecule has 1 atom stereocenters. The van der Waals surface area contributed by atoms with Gasteiger partial charge in [-0.3, -0.25) is 14.6 Å². The smallest absolute Gasteiger partial charge is 0.241 e. The summed E-state index contributed by atoms with van der Waals surface area (Å²) in [4.78, 5) is 17.0. The van der Waals surface area contributed by atoms with Gasteiger partial charge in [0.25, 0.3) is 0 Å². The number of ether oxygens (including phenoxy) is 1. The molecule has 1 amide bonds. The maximum atomic E-state index is 13.6. The highest BCUT2D eigenvalue weighted by Crippen LogP contribution is 2.22. The molecular formula is C22H25FN4O2. The minimum absolute atomic E-state index is 0.132. The maximum absolute atomic E-state index is 13.6. The van der Waals surface area contributed by atoms with E-state index < -0.39 is 0 Å². The SMILES string of the molecule is COc1ccc(F)cc1CN1CCN([C@@H](C)C(=O)Nc2ccccc2C#N)CC1. The lowest BCUT2D eigenvalue weighted by atomic mass is 10.1. The van der Waals surface area contributed by atoms with E-state index in [0.29, 0.717) is 23.5 Å². The van der Waals surface area contributed by atoms with Gasteiger partial charge < -0.3 is 10.1 Å². The van der Waals surface area contributed by atoms with Crippen molar-refractivity contribution in [1.82, 2.24) is 9.80 Å². The van der Waals surface area contributed by atoms with E-state index in [9.17, 15) is 14.4 Å². The summed E-state index contributed by atoms with van der Waals surface area (Å²) in [6.07, 6.45) is 0. The fourth-order valence-corrected chi connectivity index (χ4v) is 3.51. The molecule has 0 saturated carbocycles. The zero-order chi connectivity index (χ0) is 20.8. The third-order valence-electron chi connectivity index (χ3n) is 5.28. The third kappa shape index (κ3) is 5.11. The number of hydrogen-bond donors (Lipinski definition) is 1. The zero-order valence-electron chi connectivity index (χ0n) is 16.7. The van der Waals surface area contributed by atoms with Gasteiger partial charge in [0.05, 0.1) is 24.4 Å². The second-order valence-electron chi connectivity index (χ2n) is 7.09. The lowest BCUT2D eigenvalue weighted by molar-refractivity contribution is -0.121. The summed E-state index contributed by atoms with van der Waals surface area (Å²) < 4.78 is 18.9. The minimum atomic E-state index is -0.312. The van der Waals surface area contributed by atoms with Crippen LogP contribution in [0.25, 0.3) is 0 Å². The summed E-state index contributed by atoms with van der Waals surface area (Å²) in [5.41, 5.74) is 1.80. The fraction of sp³-hybridized carbons (Fsp3) is 0.364. The summed E-state index contributed by atoms with van der Waals surface area (Å²) in [6, 6.07) is 13.3. The number of nitrogens with zero attached hydrogens (tertiary/aromatic N) is 3. The van der Waals surface area contributed by atoms with Gasteiger partial charge in [0.2, 0.25) is 5.91 Å². The standard InChI is InChI=1S/C22H25FN4O2/c1-16(22(28)25-20-6-4-3-5-17(20)14-24)27-11-9-26(10-12-27)15-18-13-19(23)7-8-21(18)29-2/h3-8,13,16H,9-12,15H2,1-2H3,(H,25,28)/t16-/m0/s1. The number of anilines is 1. The molecule has 1 N–H and O–H groups in total. The highest BCUT2D eigenvalue weighted by Gasteiger charge is 2.26. The minimum Gasteiger partial charge on any atom is -0.496 e. The predicted molar refractivity (Wildman–Crippen MR) is 109 cm³/mol. The van der Waals surface area contributed by atoms with Crippen LogP contribution in [0, 0.1) is 17.1 Å². The molecule has 1 saturated heterocycles. The second-order valence-corrected chi connectivity index (χ2v) is 7.09. The monoisotopic (exact) mass is 396 g/mol. The Labute approximate surface area is 170 Å². The van der Waals surface area contributed by atoms with E-state index in [2.05, 4.69) is 21.2 Å². The molecule has 0 radical (unpaired) electrons. The van der Waals surface area contributed by atoms with Crippen LogP contribution in [0.2, 0.25) is 0 Å². The molecule has 29 heavy (non-hydrogen) atoms. The number of benzene rings is 2. The van der Waals surface area contributed by atoms with Crippen LogP contribution >= 0.6 is 0 Å². The van der Waals surface area contributed by atoms with Crippen molar-refractivity contribution < 1.29 is 13.9 Å². The number of para-hydroxylation sites is 1. The van der Waals surface area contributed by atoms with Crippen molar-refractivity contribution in [3.05, 3.63) is 59.4 Å². The number of piperazine rings is 1. The Morgan fingerprint density at radius 1 is 1.24 bits per heavy atom. The highest BCUT2D eigenvalue weighted by atomic mass is 19.1. The molecular weight excluding hydrogens is 371 g/mol. The van der Waals surface area contributed by atoms with Crippen LogP contribution in [0.5, 0.6) is 5.75 Å². The number of nitrogens with one attached hydrogen (secondary N) is 1. The number of rotatable bonds is 6. The summed E-state index contributed by atoms with van der Waals surface area (Å²) >= 11 is 0. The van der Waals surface area contributed by atoms with E-state index in [1.54, 1.807) is 37.4 Å². The number of carbonyl (C=O) groups excluding carboxylic acids is 1. The molecule has 1 fully saturated rings. The Hall–Kier alpha value is -2.95. The predicted octanol–water partition coefficient (Wildman–Crippen LogP) is 2.85. The molecule has 1 aliphatic heterocycles.